The van der Waals surface area contributed by atoms with Gasteiger partial charge in [0.05, 0.1) is 22.1 Å². The van der Waals surface area contributed by atoms with E-state index in [0.29, 0.717) is 12.0 Å². The number of hydrogen-bond acceptors (Lipinski definition) is 5. The van der Waals surface area contributed by atoms with Crippen LogP contribution in [-0.2, 0) is 0 Å². The lowest BCUT2D eigenvalue weighted by molar-refractivity contribution is 0.597. The molecule has 182 valence electrons. The molecule has 0 aliphatic carbocycles. The van der Waals surface area contributed by atoms with Gasteiger partial charge in [0.25, 0.3) is 5.56 Å². The molecule has 0 unspecified atom stereocenters. The fourth-order valence-electron chi connectivity index (χ4n) is 4.46. The number of hydrogen-bond donors (Lipinski definition) is 4. The van der Waals surface area contributed by atoms with Gasteiger partial charge in [0.1, 0.15) is 11.6 Å². The molecule has 2 aromatic carbocycles. The smallest absolute Gasteiger partial charge is 0.325 e. The number of imidazole rings is 1. The zero-order valence-electron chi connectivity index (χ0n) is 19.2. The number of nitrogens with one attached hydrogen (secondary N) is 4. The topological polar surface area (TPSA) is 136 Å². The maximum Gasteiger partial charge on any atom is 0.325 e. The molecule has 7 rings (SSSR count). The van der Waals surface area contributed by atoms with Gasteiger partial charge in [0.2, 0.25) is 5.82 Å². The number of rotatable bonds is 1. The average Bonchev–Trinajstić information content (AvgIpc) is 3.47. The van der Waals surface area contributed by atoms with Crippen molar-refractivity contribution in [3.63, 3.8) is 0 Å². The van der Waals surface area contributed by atoms with E-state index >= 15 is 0 Å². The van der Waals surface area contributed by atoms with E-state index in [9.17, 15) is 18.4 Å². The van der Waals surface area contributed by atoms with Gasteiger partial charge in [-0.3, -0.25) is 19.7 Å². The summed E-state index contributed by atoms with van der Waals surface area (Å²) in [7, 11) is 0. The summed E-state index contributed by atoms with van der Waals surface area (Å²) in [5.41, 5.74) is 4.39. The van der Waals surface area contributed by atoms with Gasteiger partial charge in [-0.2, -0.15) is 4.39 Å². The van der Waals surface area contributed by atoms with E-state index in [2.05, 4.69) is 19.9 Å². The number of pyridine rings is 2. The summed E-state index contributed by atoms with van der Waals surface area (Å²) >= 11 is 0. The van der Waals surface area contributed by atoms with Gasteiger partial charge >= 0.3 is 5.69 Å². The summed E-state index contributed by atoms with van der Waals surface area (Å²) in [4.78, 5) is 44.8. The Morgan fingerprint density at radius 1 is 0.811 bits per heavy atom. The highest BCUT2D eigenvalue weighted by molar-refractivity contribution is 6.21. The van der Waals surface area contributed by atoms with Crippen molar-refractivity contribution in [2.45, 2.75) is 6.92 Å². The summed E-state index contributed by atoms with van der Waals surface area (Å²) < 4.78 is 25.9. The molecule has 0 fully saturated rings. The molecule has 0 saturated heterocycles. The van der Waals surface area contributed by atoms with Crippen LogP contribution in [0.25, 0.3) is 55.1 Å². The number of benzene rings is 2. The van der Waals surface area contributed by atoms with Gasteiger partial charge < -0.3 is 15.0 Å². The Hall–Kier alpha value is -5.19. The second-order valence-electron chi connectivity index (χ2n) is 8.34. The Morgan fingerprint density at radius 3 is 2.27 bits per heavy atom. The molecule has 0 saturated carbocycles. The van der Waals surface area contributed by atoms with Crippen molar-refractivity contribution < 1.29 is 8.78 Å². The Kier molecular flexibility index (Phi) is 5.11. The highest BCUT2D eigenvalue weighted by atomic mass is 19.1. The minimum absolute atomic E-state index is 0.270. The van der Waals surface area contributed by atoms with Gasteiger partial charge in [-0.25, -0.2) is 14.2 Å². The van der Waals surface area contributed by atoms with E-state index in [0.717, 1.165) is 55.0 Å². The summed E-state index contributed by atoms with van der Waals surface area (Å²) in [6.07, 6.45) is 4.25. The molecular weight excluding hydrogens is 480 g/mol. The van der Waals surface area contributed by atoms with Gasteiger partial charge in [-0.05, 0) is 49.4 Å². The predicted molar refractivity (Wildman–Crippen MR) is 136 cm³/mol. The van der Waals surface area contributed by atoms with Crippen molar-refractivity contribution in [3.8, 4) is 11.4 Å². The highest BCUT2D eigenvalue weighted by Crippen LogP contribution is 2.36. The molecule has 0 bridgehead atoms. The summed E-state index contributed by atoms with van der Waals surface area (Å²) in [5.74, 6) is -0.561. The maximum absolute atomic E-state index is 13.9. The molecule has 0 radical (unpaired) electrons. The molecule has 11 heteroatoms. The lowest BCUT2D eigenvalue weighted by Gasteiger charge is -2.03. The quantitative estimate of drug-likeness (QED) is 0.248. The molecule has 37 heavy (non-hydrogen) atoms. The van der Waals surface area contributed by atoms with Gasteiger partial charge in [-0.15, -0.1) is 0 Å². The molecule has 7 aromatic rings. The van der Waals surface area contributed by atoms with Crippen LogP contribution in [-0.4, -0.2) is 34.9 Å². The van der Waals surface area contributed by atoms with Crippen LogP contribution >= 0.6 is 0 Å². The molecule has 4 N–H and O–H groups in total. The lowest BCUT2D eigenvalue weighted by Crippen LogP contribution is -2.23. The maximum atomic E-state index is 13.9. The van der Waals surface area contributed by atoms with Crippen molar-refractivity contribution in [2.24, 2.45) is 0 Å². The molecule has 5 heterocycles. The van der Waals surface area contributed by atoms with E-state index in [4.69, 9.17) is 4.98 Å². The second kappa shape index (κ2) is 8.48. The van der Waals surface area contributed by atoms with Crippen molar-refractivity contribution in [2.75, 3.05) is 0 Å². The Balaban J connectivity index is 0.000000239. The van der Waals surface area contributed by atoms with Crippen LogP contribution in [0.1, 0.15) is 5.69 Å². The van der Waals surface area contributed by atoms with Crippen LogP contribution in [0.4, 0.5) is 8.78 Å². The minimum atomic E-state index is -1.00. The Morgan fingerprint density at radius 2 is 1.54 bits per heavy atom. The number of H-pyrrole nitrogens is 4. The van der Waals surface area contributed by atoms with Crippen LogP contribution in [0, 0.1) is 18.6 Å². The first kappa shape index (κ1) is 22.3. The first-order valence-corrected chi connectivity index (χ1v) is 11.2. The lowest BCUT2D eigenvalue weighted by atomic mass is 10.1. The van der Waals surface area contributed by atoms with E-state index < -0.39 is 17.1 Å². The van der Waals surface area contributed by atoms with Gasteiger partial charge in [0, 0.05) is 51.5 Å². The molecule has 0 aliphatic heterocycles. The number of aryl methyl sites for hydroxylation is 1. The normalized spacial score (nSPS) is 11.3. The summed E-state index contributed by atoms with van der Waals surface area (Å²) in [6, 6.07) is 12.6. The predicted octanol–water partition coefficient (Wildman–Crippen LogP) is 4.46. The van der Waals surface area contributed by atoms with Gasteiger partial charge in [-0.1, -0.05) is 0 Å². The Bertz CT molecular complexity index is 2020. The fourth-order valence-corrected chi connectivity index (χ4v) is 4.46. The van der Waals surface area contributed by atoms with Crippen molar-refractivity contribution in [3.05, 3.63) is 99.2 Å². The third kappa shape index (κ3) is 3.73. The highest BCUT2D eigenvalue weighted by Gasteiger charge is 2.18. The van der Waals surface area contributed by atoms with Crippen LogP contribution in [0.3, 0.4) is 0 Å². The molecule has 0 amide bonds. The molecule has 9 nitrogen and oxygen atoms in total. The average molecular weight is 497 g/mol. The van der Waals surface area contributed by atoms with E-state index in [-0.39, 0.29) is 5.82 Å². The first-order chi connectivity index (χ1) is 17.9. The standard InChI is InChI=1S/C22H14FN5.C4H3FN2O2/c1-11-17(15-10-12(23)6-7-16(15)26-11)22-27-20-13-4-2-8-24-18(13)19-14(21(20)28-22)5-3-9-25-19;5-2-1-6-4(9)7-3(2)8/h2-10,26H,1H3,(H,27,28);1H,(H2,6,7,8,9). The molecule has 0 aliphatic rings. The molecule has 5 aromatic heterocycles. The number of fused-ring (bicyclic) bond motifs is 7. The van der Waals surface area contributed by atoms with E-state index in [1.54, 1.807) is 29.5 Å². The SMILES string of the molecule is Cc1[nH]c2ccc(F)cc2c1-c1nc2c3cccnc3c3ncccc3c2[nH]1.O=c1[nH]cc(F)c(=O)[nH]1. The zero-order valence-corrected chi connectivity index (χ0v) is 19.2. The monoisotopic (exact) mass is 497 g/mol. The second-order valence-corrected chi connectivity index (χ2v) is 8.34. The fraction of sp³-hybridized carbons (Fsp3) is 0.0385. The minimum Gasteiger partial charge on any atom is -0.358 e. The summed E-state index contributed by atoms with van der Waals surface area (Å²) in [6.45, 7) is 1.97. The first-order valence-electron chi connectivity index (χ1n) is 11.2. The third-order valence-corrected chi connectivity index (χ3v) is 6.03. The van der Waals surface area contributed by atoms with Crippen LogP contribution < -0.4 is 11.2 Å². The summed E-state index contributed by atoms with van der Waals surface area (Å²) in [5, 5.41) is 2.71. The largest absolute Gasteiger partial charge is 0.358 e. The zero-order chi connectivity index (χ0) is 25.7. The Labute approximate surface area is 205 Å². The molecule has 0 spiro atoms. The van der Waals surface area contributed by atoms with Crippen LogP contribution in [0.2, 0.25) is 0 Å². The van der Waals surface area contributed by atoms with Crippen molar-refractivity contribution >= 4 is 43.7 Å². The number of nitrogens with zero attached hydrogens (tertiary/aromatic N) is 3. The van der Waals surface area contributed by atoms with Crippen LogP contribution in [0.15, 0.2) is 70.6 Å². The van der Waals surface area contributed by atoms with Crippen molar-refractivity contribution in [1.82, 2.24) is 34.9 Å². The van der Waals surface area contributed by atoms with Gasteiger partial charge in [0.15, 0.2) is 0 Å². The number of aromatic amines is 4. The van der Waals surface area contributed by atoms with Crippen molar-refractivity contribution in [1.29, 1.82) is 0 Å². The molecule has 0 atom stereocenters. The number of halogens is 2. The van der Waals surface area contributed by atoms with E-state index in [1.165, 1.54) is 6.07 Å². The third-order valence-electron chi connectivity index (χ3n) is 6.03. The van der Waals surface area contributed by atoms with E-state index in [1.807, 2.05) is 36.2 Å². The number of aromatic nitrogens is 7. The van der Waals surface area contributed by atoms with Crippen LogP contribution in [0.5, 0.6) is 0 Å². The molecular formula is C26H17F2N7O2.